The Hall–Kier alpha value is -1.06. The lowest BCUT2D eigenvalue weighted by molar-refractivity contribution is 0.0869. The van der Waals surface area contributed by atoms with Crippen molar-refractivity contribution in [1.29, 1.82) is 0 Å². The van der Waals surface area contributed by atoms with Gasteiger partial charge in [-0.3, -0.25) is 0 Å². The molecule has 3 rings (SSSR count). The lowest BCUT2D eigenvalue weighted by atomic mass is 9.73. The Morgan fingerprint density at radius 2 is 2.00 bits per heavy atom. The number of hydrogen-bond donors (Lipinski definition) is 2. The second-order valence-corrected chi connectivity index (χ2v) is 8.35. The minimum absolute atomic E-state index is 0.201. The molecule has 1 fully saturated rings. The molecule has 1 aromatic carbocycles. The molecule has 1 aromatic rings. The smallest absolute Gasteiger partial charge is 0.122 e. The van der Waals surface area contributed by atoms with Gasteiger partial charge in [-0.2, -0.15) is 0 Å². The highest BCUT2D eigenvalue weighted by Crippen LogP contribution is 2.48. The molecule has 2 aliphatic rings. The molecule has 5 atom stereocenters. The molecule has 0 bridgehead atoms. The van der Waals surface area contributed by atoms with Crippen LogP contribution in [0.4, 0.5) is 0 Å². The number of hydrogen-bond acceptors (Lipinski definition) is 3. The van der Waals surface area contributed by atoms with Crippen molar-refractivity contribution in [1.82, 2.24) is 0 Å². The van der Waals surface area contributed by atoms with Gasteiger partial charge >= 0.3 is 0 Å². The molecule has 146 valence electrons. The predicted molar refractivity (Wildman–Crippen MR) is 105 cm³/mol. The standard InChI is InChI=1S/C23H36O3/c1-3-5-6-9-18(24)11-12-19-20-13-16-8-7-10-23(26-4-2)21(16)14-17(20)15-22(19)25/h7-8,10,17-20,22,24-25H,3-6,9,11-15H2,1-2H3/t17-,18-,19?,20-,22+/m0/s1. The van der Waals surface area contributed by atoms with E-state index in [0.29, 0.717) is 24.4 Å². The van der Waals surface area contributed by atoms with Gasteiger partial charge in [-0.1, -0.05) is 38.3 Å². The molecule has 3 heteroatoms. The van der Waals surface area contributed by atoms with Gasteiger partial charge in [-0.25, -0.2) is 0 Å². The van der Waals surface area contributed by atoms with Crippen molar-refractivity contribution >= 4 is 0 Å². The van der Waals surface area contributed by atoms with Crippen molar-refractivity contribution in [2.75, 3.05) is 6.61 Å². The third kappa shape index (κ3) is 4.43. The van der Waals surface area contributed by atoms with E-state index < -0.39 is 0 Å². The van der Waals surface area contributed by atoms with Gasteiger partial charge < -0.3 is 14.9 Å². The van der Waals surface area contributed by atoms with Crippen LogP contribution in [-0.4, -0.2) is 29.0 Å². The molecule has 0 amide bonds. The van der Waals surface area contributed by atoms with Crippen LogP contribution < -0.4 is 4.74 Å². The first-order valence-corrected chi connectivity index (χ1v) is 10.7. The van der Waals surface area contributed by atoms with Crippen LogP contribution in [0.25, 0.3) is 0 Å². The van der Waals surface area contributed by atoms with Crippen molar-refractivity contribution in [2.45, 2.75) is 83.8 Å². The van der Waals surface area contributed by atoms with E-state index in [1.165, 1.54) is 24.0 Å². The molecular formula is C23H36O3. The van der Waals surface area contributed by atoms with Gasteiger partial charge in [0.25, 0.3) is 0 Å². The molecule has 0 spiro atoms. The van der Waals surface area contributed by atoms with E-state index in [1.54, 1.807) is 0 Å². The van der Waals surface area contributed by atoms with E-state index in [2.05, 4.69) is 25.1 Å². The molecule has 0 heterocycles. The number of rotatable bonds is 9. The van der Waals surface area contributed by atoms with Crippen LogP contribution >= 0.6 is 0 Å². The van der Waals surface area contributed by atoms with Crippen molar-refractivity contribution < 1.29 is 14.9 Å². The number of unbranched alkanes of at least 4 members (excludes halogenated alkanes) is 2. The summed E-state index contributed by atoms with van der Waals surface area (Å²) in [6.45, 7) is 4.93. The summed E-state index contributed by atoms with van der Waals surface area (Å²) >= 11 is 0. The zero-order chi connectivity index (χ0) is 18.5. The van der Waals surface area contributed by atoms with Crippen LogP contribution in [-0.2, 0) is 12.8 Å². The average Bonchev–Trinajstić information content (AvgIpc) is 2.93. The lowest BCUT2D eigenvalue weighted by Crippen LogP contribution is -2.28. The van der Waals surface area contributed by atoms with Gasteiger partial charge in [0.2, 0.25) is 0 Å². The summed E-state index contributed by atoms with van der Waals surface area (Å²) in [6.07, 6.45) is 8.78. The molecule has 26 heavy (non-hydrogen) atoms. The van der Waals surface area contributed by atoms with Crippen LogP contribution in [0.15, 0.2) is 18.2 Å². The Morgan fingerprint density at radius 3 is 2.77 bits per heavy atom. The van der Waals surface area contributed by atoms with Crippen LogP contribution in [0, 0.1) is 17.8 Å². The topological polar surface area (TPSA) is 49.7 Å². The second-order valence-electron chi connectivity index (χ2n) is 8.35. The van der Waals surface area contributed by atoms with Crippen molar-refractivity contribution in [3.63, 3.8) is 0 Å². The third-order valence-electron chi connectivity index (χ3n) is 6.62. The summed E-state index contributed by atoms with van der Waals surface area (Å²) in [5.74, 6) is 2.48. The highest BCUT2D eigenvalue weighted by Gasteiger charge is 2.44. The van der Waals surface area contributed by atoms with E-state index in [0.717, 1.165) is 50.7 Å². The van der Waals surface area contributed by atoms with Gasteiger partial charge in [-0.05, 0) is 80.4 Å². The summed E-state index contributed by atoms with van der Waals surface area (Å²) < 4.78 is 5.84. The first-order chi connectivity index (χ1) is 12.6. The highest BCUT2D eigenvalue weighted by molar-refractivity contribution is 5.43. The van der Waals surface area contributed by atoms with Crippen LogP contribution in [0.2, 0.25) is 0 Å². The first-order valence-electron chi connectivity index (χ1n) is 10.7. The molecule has 1 saturated carbocycles. The number of ether oxygens (including phenoxy) is 1. The summed E-state index contributed by atoms with van der Waals surface area (Å²) in [5.41, 5.74) is 2.77. The lowest BCUT2D eigenvalue weighted by Gasteiger charge is -2.32. The van der Waals surface area contributed by atoms with E-state index in [-0.39, 0.29) is 12.2 Å². The van der Waals surface area contributed by atoms with Crippen LogP contribution in [0.5, 0.6) is 5.75 Å². The van der Waals surface area contributed by atoms with Gasteiger partial charge in [0.15, 0.2) is 0 Å². The maximum absolute atomic E-state index is 10.7. The van der Waals surface area contributed by atoms with Gasteiger partial charge in [-0.15, -0.1) is 0 Å². The molecule has 0 aromatic heterocycles. The van der Waals surface area contributed by atoms with Crippen molar-refractivity contribution in [3.05, 3.63) is 29.3 Å². The maximum Gasteiger partial charge on any atom is 0.122 e. The Morgan fingerprint density at radius 1 is 1.15 bits per heavy atom. The summed E-state index contributed by atoms with van der Waals surface area (Å²) in [6, 6.07) is 6.41. The van der Waals surface area contributed by atoms with Gasteiger partial charge in [0, 0.05) is 0 Å². The average molecular weight is 361 g/mol. The van der Waals surface area contributed by atoms with E-state index in [4.69, 9.17) is 4.74 Å². The quantitative estimate of drug-likeness (QED) is 0.637. The summed E-state index contributed by atoms with van der Waals surface area (Å²) in [4.78, 5) is 0. The van der Waals surface area contributed by atoms with Gasteiger partial charge in [0.1, 0.15) is 5.75 Å². The number of aliphatic hydroxyl groups is 2. The zero-order valence-corrected chi connectivity index (χ0v) is 16.5. The molecule has 3 nitrogen and oxygen atoms in total. The second kappa shape index (κ2) is 9.23. The van der Waals surface area contributed by atoms with E-state index in [1.807, 2.05) is 6.92 Å². The predicted octanol–water partition coefficient (Wildman–Crippen LogP) is 4.52. The zero-order valence-electron chi connectivity index (χ0n) is 16.5. The largest absolute Gasteiger partial charge is 0.494 e. The van der Waals surface area contributed by atoms with Crippen molar-refractivity contribution in [3.8, 4) is 5.75 Å². The first kappa shape index (κ1) is 19.7. The Kier molecular flexibility index (Phi) is 6.99. The third-order valence-corrected chi connectivity index (χ3v) is 6.62. The van der Waals surface area contributed by atoms with Gasteiger partial charge in [0.05, 0.1) is 18.8 Å². The minimum Gasteiger partial charge on any atom is -0.494 e. The maximum atomic E-state index is 10.7. The minimum atomic E-state index is -0.210. The monoisotopic (exact) mass is 360 g/mol. The Balaban J connectivity index is 1.62. The fourth-order valence-corrected chi connectivity index (χ4v) is 5.25. The molecule has 2 N–H and O–H groups in total. The molecular weight excluding hydrogens is 324 g/mol. The van der Waals surface area contributed by atoms with Crippen LogP contribution in [0.1, 0.15) is 69.9 Å². The SMILES string of the molecule is CCCCC[C@H](O)CCC1[C@H](O)C[C@@H]2Cc3c(cccc3OCC)C[C@H]12. The van der Waals surface area contributed by atoms with E-state index >= 15 is 0 Å². The fourth-order valence-electron chi connectivity index (χ4n) is 5.25. The van der Waals surface area contributed by atoms with E-state index in [9.17, 15) is 10.2 Å². The molecule has 0 saturated heterocycles. The Bertz CT molecular complexity index is 571. The molecule has 0 radical (unpaired) electrons. The summed E-state index contributed by atoms with van der Waals surface area (Å²) in [7, 11) is 0. The molecule has 2 aliphatic carbocycles. The summed E-state index contributed by atoms with van der Waals surface area (Å²) in [5, 5.41) is 21.0. The number of benzene rings is 1. The Labute approximate surface area is 158 Å². The normalized spacial score (nSPS) is 28.5. The number of aliphatic hydroxyl groups excluding tert-OH is 2. The molecule has 0 aliphatic heterocycles. The van der Waals surface area contributed by atoms with Crippen LogP contribution in [0.3, 0.4) is 0 Å². The fraction of sp³-hybridized carbons (Fsp3) is 0.739. The van der Waals surface area contributed by atoms with Crippen molar-refractivity contribution in [2.24, 2.45) is 17.8 Å². The number of fused-ring (bicyclic) bond motifs is 2. The highest BCUT2D eigenvalue weighted by atomic mass is 16.5. The molecule has 1 unspecified atom stereocenters.